The van der Waals surface area contributed by atoms with Crippen LogP contribution in [0.2, 0.25) is 0 Å². The Morgan fingerprint density at radius 2 is 1.10 bits per heavy atom. The van der Waals surface area contributed by atoms with Gasteiger partial charge in [-0.25, -0.2) is 0 Å². The Bertz CT molecular complexity index is 2620. The van der Waals surface area contributed by atoms with Gasteiger partial charge >= 0.3 is 0 Å². The molecular weight excluding hydrogens is 597 g/mol. The summed E-state index contributed by atoms with van der Waals surface area (Å²) in [5, 5.41) is 4.78. The minimum Gasteiger partial charge on any atom is -0.454 e. The van der Waals surface area contributed by atoms with E-state index in [1.54, 1.807) is 0 Å². The largest absolute Gasteiger partial charge is 0.454 e. The van der Waals surface area contributed by atoms with Crippen LogP contribution in [-0.2, 0) is 5.41 Å². The molecule has 2 heterocycles. The molecule has 0 bridgehead atoms. The molecule has 3 heteroatoms. The Labute approximate surface area is 286 Å². The number of furan rings is 1. The second kappa shape index (κ2) is 11.3. The Morgan fingerprint density at radius 1 is 0.490 bits per heavy atom. The molecule has 9 rings (SSSR count). The maximum Gasteiger partial charge on any atom is 0.159 e. The van der Waals surface area contributed by atoms with Gasteiger partial charge in [-0.1, -0.05) is 112 Å². The van der Waals surface area contributed by atoms with Crippen molar-refractivity contribution in [3.63, 3.8) is 0 Å². The molecule has 2 aromatic heterocycles. The molecule has 0 unspecified atom stereocenters. The highest BCUT2D eigenvalue weighted by molar-refractivity contribution is 6.11. The predicted octanol–water partition coefficient (Wildman–Crippen LogP) is 13.1. The Balaban J connectivity index is 1.18. The molecular formula is C46H36N2O. The summed E-state index contributed by atoms with van der Waals surface area (Å²) in [6.07, 6.45) is 0. The summed E-state index contributed by atoms with van der Waals surface area (Å²) in [6.45, 7) is 6.85. The van der Waals surface area contributed by atoms with Crippen LogP contribution in [-0.4, -0.2) is 4.57 Å². The third-order valence-corrected chi connectivity index (χ3v) is 9.74. The molecule has 9 aromatic rings. The van der Waals surface area contributed by atoms with Gasteiger partial charge in [0, 0.05) is 38.6 Å². The van der Waals surface area contributed by atoms with Crippen LogP contribution in [0.1, 0.15) is 26.3 Å². The Hall–Kier alpha value is -6.06. The van der Waals surface area contributed by atoms with Gasteiger partial charge in [0.2, 0.25) is 0 Å². The average molecular weight is 633 g/mol. The molecule has 0 saturated carbocycles. The molecule has 0 amide bonds. The molecule has 0 atom stereocenters. The van der Waals surface area contributed by atoms with Crippen molar-refractivity contribution in [2.45, 2.75) is 26.2 Å². The van der Waals surface area contributed by atoms with E-state index in [-0.39, 0.29) is 5.41 Å². The number of fused-ring (bicyclic) bond motifs is 6. The SMILES string of the molecule is CC(C)(C)c1ccc2c(c1)c1cc(-c3ccc(N(c4ccccc4)c4cccc5c4oc4ccccc45)cc3)ccc1n2-c1ccccc1. The summed E-state index contributed by atoms with van der Waals surface area (Å²) in [5.41, 5.74) is 12.3. The van der Waals surface area contributed by atoms with E-state index in [0.717, 1.165) is 39.0 Å². The minimum absolute atomic E-state index is 0.0557. The highest BCUT2D eigenvalue weighted by atomic mass is 16.3. The number of anilines is 3. The number of aromatic nitrogens is 1. The third-order valence-electron chi connectivity index (χ3n) is 9.74. The van der Waals surface area contributed by atoms with Gasteiger partial charge in [0.15, 0.2) is 5.58 Å². The minimum atomic E-state index is 0.0557. The first-order valence-corrected chi connectivity index (χ1v) is 16.9. The number of rotatable bonds is 5. The second-order valence-electron chi connectivity index (χ2n) is 13.9. The fraction of sp³-hybridized carbons (Fsp3) is 0.0870. The smallest absolute Gasteiger partial charge is 0.159 e. The fourth-order valence-corrected chi connectivity index (χ4v) is 7.24. The lowest BCUT2D eigenvalue weighted by Gasteiger charge is -2.25. The van der Waals surface area contributed by atoms with Gasteiger partial charge in [-0.15, -0.1) is 0 Å². The Kier molecular flexibility index (Phi) is 6.70. The lowest BCUT2D eigenvalue weighted by atomic mass is 9.86. The average Bonchev–Trinajstić information content (AvgIpc) is 3.68. The van der Waals surface area contributed by atoms with Gasteiger partial charge in [0.05, 0.1) is 16.7 Å². The highest BCUT2D eigenvalue weighted by Gasteiger charge is 2.21. The highest BCUT2D eigenvalue weighted by Crippen LogP contribution is 2.43. The van der Waals surface area contributed by atoms with Crippen LogP contribution < -0.4 is 4.90 Å². The molecule has 0 aliphatic carbocycles. The zero-order valence-corrected chi connectivity index (χ0v) is 27.9. The van der Waals surface area contributed by atoms with Crippen molar-refractivity contribution in [2.24, 2.45) is 0 Å². The predicted molar refractivity (Wildman–Crippen MR) is 207 cm³/mol. The van der Waals surface area contributed by atoms with Crippen molar-refractivity contribution in [1.29, 1.82) is 0 Å². The maximum atomic E-state index is 6.50. The molecule has 0 aliphatic heterocycles. The number of hydrogen-bond acceptors (Lipinski definition) is 2. The lowest BCUT2D eigenvalue weighted by Crippen LogP contribution is -2.10. The van der Waals surface area contributed by atoms with Crippen molar-refractivity contribution >= 4 is 60.8 Å². The first-order chi connectivity index (χ1) is 23.9. The number of hydrogen-bond donors (Lipinski definition) is 0. The molecule has 236 valence electrons. The zero-order valence-electron chi connectivity index (χ0n) is 27.9. The van der Waals surface area contributed by atoms with E-state index < -0.39 is 0 Å². The topological polar surface area (TPSA) is 21.3 Å². The molecule has 0 radical (unpaired) electrons. The van der Waals surface area contributed by atoms with E-state index in [2.05, 4.69) is 182 Å². The van der Waals surface area contributed by atoms with E-state index in [4.69, 9.17) is 4.42 Å². The molecule has 0 fully saturated rings. The van der Waals surface area contributed by atoms with Crippen LogP contribution in [0.4, 0.5) is 17.1 Å². The molecule has 0 N–H and O–H groups in total. The van der Waals surface area contributed by atoms with Crippen LogP contribution >= 0.6 is 0 Å². The van der Waals surface area contributed by atoms with Crippen LogP contribution in [0, 0.1) is 0 Å². The summed E-state index contributed by atoms with van der Waals surface area (Å²) in [5.74, 6) is 0. The molecule has 0 spiro atoms. The summed E-state index contributed by atoms with van der Waals surface area (Å²) in [7, 11) is 0. The normalized spacial score (nSPS) is 12.0. The van der Waals surface area contributed by atoms with Crippen LogP contribution in [0.15, 0.2) is 168 Å². The van der Waals surface area contributed by atoms with E-state index in [1.165, 1.54) is 44.2 Å². The Morgan fingerprint density at radius 3 is 1.86 bits per heavy atom. The van der Waals surface area contributed by atoms with Crippen LogP contribution in [0.5, 0.6) is 0 Å². The quantitative estimate of drug-likeness (QED) is 0.188. The summed E-state index contributed by atoms with van der Waals surface area (Å²) >= 11 is 0. The van der Waals surface area contributed by atoms with Gasteiger partial charge < -0.3 is 13.9 Å². The van der Waals surface area contributed by atoms with E-state index in [9.17, 15) is 0 Å². The van der Waals surface area contributed by atoms with Crippen molar-refractivity contribution in [3.05, 3.63) is 169 Å². The monoisotopic (exact) mass is 632 g/mol. The second-order valence-corrected chi connectivity index (χ2v) is 13.9. The van der Waals surface area contributed by atoms with Crippen LogP contribution in [0.3, 0.4) is 0 Å². The van der Waals surface area contributed by atoms with Crippen molar-refractivity contribution in [3.8, 4) is 16.8 Å². The van der Waals surface area contributed by atoms with Crippen molar-refractivity contribution < 1.29 is 4.42 Å². The number of nitrogens with zero attached hydrogens (tertiary/aromatic N) is 2. The van der Waals surface area contributed by atoms with Gasteiger partial charge in [-0.3, -0.25) is 0 Å². The summed E-state index contributed by atoms with van der Waals surface area (Å²) < 4.78 is 8.89. The third kappa shape index (κ3) is 4.89. The first kappa shape index (κ1) is 29.1. The first-order valence-electron chi connectivity index (χ1n) is 16.9. The van der Waals surface area contributed by atoms with Crippen molar-refractivity contribution in [1.82, 2.24) is 4.57 Å². The summed E-state index contributed by atoms with van der Waals surface area (Å²) in [6, 6.07) is 58.7. The molecule has 7 aromatic carbocycles. The van der Waals surface area contributed by atoms with E-state index >= 15 is 0 Å². The number of benzene rings is 7. The summed E-state index contributed by atoms with van der Waals surface area (Å²) in [4.78, 5) is 2.29. The lowest BCUT2D eigenvalue weighted by molar-refractivity contribution is 0.591. The molecule has 49 heavy (non-hydrogen) atoms. The number of para-hydroxylation sites is 4. The van der Waals surface area contributed by atoms with E-state index in [1.807, 2.05) is 12.1 Å². The van der Waals surface area contributed by atoms with Gasteiger partial charge in [0.25, 0.3) is 0 Å². The van der Waals surface area contributed by atoms with Gasteiger partial charge in [0.1, 0.15) is 5.58 Å². The van der Waals surface area contributed by atoms with Crippen LogP contribution in [0.25, 0.3) is 60.6 Å². The fourth-order valence-electron chi connectivity index (χ4n) is 7.24. The molecule has 3 nitrogen and oxygen atoms in total. The zero-order chi connectivity index (χ0) is 33.1. The van der Waals surface area contributed by atoms with E-state index in [0.29, 0.717) is 0 Å². The standard InChI is InChI=1S/C46H36N2O/c1-46(2,3)33-24-28-42-40(30-33)39-29-32(23-27-41(39)48(42)35-15-8-5-9-16-35)31-21-25-36(26-22-31)47(34-13-6-4-7-14-34)43-19-12-18-38-37-17-10-11-20-44(37)49-45(38)43/h4-30H,1-3H3. The van der Waals surface area contributed by atoms with Gasteiger partial charge in [-0.2, -0.15) is 0 Å². The van der Waals surface area contributed by atoms with Gasteiger partial charge in [-0.05, 0) is 94.9 Å². The maximum absolute atomic E-state index is 6.50. The van der Waals surface area contributed by atoms with Crippen molar-refractivity contribution in [2.75, 3.05) is 4.90 Å². The molecule has 0 saturated heterocycles. The molecule has 0 aliphatic rings.